The van der Waals surface area contributed by atoms with Crippen molar-refractivity contribution in [3.05, 3.63) is 64.8 Å². The Morgan fingerprint density at radius 3 is 2.86 bits per heavy atom. The molecule has 0 aliphatic carbocycles. The monoisotopic (exact) mass is 408 g/mol. The number of aromatic nitrogens is 2. The smallest absolute Gasteiger partial charge is 0.253 e. The minimum atomic E-state index is -0.489. The normalized spacial score (nSPS) is 19.3. The molecule has 2 aliphatic heterocycles. The maximum atomic E-state index is 13.1. The molecule has 0 saturated carbocycles. The molecule has 2 aliphatic rings. The first-order valence-corrected chi connectivity index (χ1v) is 10.2. The molecular weight excluding hydrogens is 388 g/mol. The molecule has 7 heteroatoms. The predicted octanol–water partition coefficient (Wildman–Crippen LogP) is 3.07. The molecular formula is C22H21ClN4O2. The van der Waals surface area contributed by atoms with Crippen molar-refractivity contribution in [3.63, 3.8) is 0 Å². The van der Waals surface area contributed by atoms with E-state index in [4.69, 9.17) is 21.3 Å². The summed E-state index contributed by atoms with van der Waals surface area (Å²) < 4.78 is 5.84. The first-order valence-electron chi connectivity index (χ1n) is 9.82. The van der Waals surface area contributed by atoms with Crippen LogP contribution in [0.4, 0.5) is 5.82 Å². The summed E-state index contributed by atoms with van der Waals surface area (Å²) in [6, 6.07) is 13.8. The highest BCUT2D eigenvalue weighted by Gasteiger charge is 2.32. The molecule has 1 aromatic heterocycles. The molecule has 6 nitrogen and oxygen atoms in total. The zero-order chi connectivity index (χ0) is 19.8. The molecule has 3 heterocycles. The van der Waals surface area contributed by atoms with Crippen LogP contribution in [0, 0.1) is 0 Å². The van der Waals surface area contributed by atoms with Crippen LogP contribution in [0.3, 0.4) is 0 Å². The minimum Gasteiger partial charge on any atom is -0.365 e. The van der Waals surface area contributed by atoms with E-state index in [1.54, 1.807) is 12.3 Å². The van der Waals surface area contributed by atoms with E-state index < -0.39 is 6.10 Å². The van der Waals surface area contributed by atoms with Crippen LogP contribution in [-0.2, 0) is 22.5 Å². The quantitative estimate of drug-likeness (QED) is 0.652. The van der Waals surface area contributed by atoms with Gasteiger partial charge < -0.3 is 14.5 Å². The fraction of sp³-hybridized carbons (Fsp3) is 0.318. The lowest BCUT2D eigenvalue weighted by Crippen LogP contribution is -2.52. The molecule has 29 heavy (non-hydrogen) atoms. The summed E-state index contributed by atoms with van der Waals surface area (Å²) in [6.45, 7) is 3.02. The number of halogens is 1. The van der Waals surface area contributed by atoms with Crippen molar-refractivity contribution < 1.29 is 9.53 Å². The van der Waals surface area contributed by atoms with Gasteiger partial charge in [-0.05, 0) is 35.7 Å². The van der Waals surface area contributed by atoms with Gasteiger partial charge in [-0.3, -0.25) is 9.78 Å². The fourth-order valence-electron chi connectivity index (χ4n) is 4.02. The van der Waals surface area contributed by atoms with Crippen LogP contribution in [0.1, 0.15) is 11.1 Å². The second-order valence-electron chi connectivity index (χ2n) is 7.45. The number of fused-ring (bicyclic) bond motifs is 2. The highest BCUT2D eigenvalue weighted by Crippen LogP contribution is 2.23. The molecule has 2 aromatic carbocycles. The third kappa shape index (κ3) is 3.66. The lowest BCUT2D eigenvalue weighted by atomic mass is 9.99. The first kappa shape index (κ1) is 18.3. The molecule has 0 spiro atoms. The van der Waals surface area contributed by atoms with Crippen LogP contribution >= 0.6 is 11.6 Å². The van der Waals surface area contributed by atoms with E-state index in [2.05, 4.69) is 28.1 Å². The SMILES string of the molecule is O=C(C1CN(c2cnc3cc(Cl)ccc3n2)CCO1)N1CCc2ccccc2C1. The number of carbonyl (C=O) groups is 1. The third-order valence-corrected chi connectivity index (χ3v) is 5.83. The van der Waals surface area contributed by atoms with Crippen molar-refractivity contribution in [2.45, 2.75) is 19.1 Å². The van der Waals surface area contributed by atoms with Crippen molar-refractivity contribution in [2.24, 2.45) is 0 Å². The Balaban J connectivity index is 1.32. The van der Waals surface area contributed by atoms with Crippen molar-refractivity contribution >= 4 is 34.4 Å². The molecule has 0 bridgehead atoms. The number of morpholine rings is 1. The summed E-state index contributed by atoms with van der Waals surface area (Å²) in [6.07, 6.45) is 2.14. The second-order valence-corrected chi connectivity index (χ2v) is 7.88. The molecule has 0 radical (unpaired) electrons. The summed E-state index contributed by atoms with van der Waals surface area (Å²) in [5.41, 5.74) is 4.09. The van der Waals surface area contributed by atoms with Gasteiger partial charge in [-0.1, -0.05) is 35.9 Å². The van der Waals surface area contributed by atoms with Crippen LogP contribution in [0.15, 0.2) is 48.7 Å². The number of ether oxygens (including phenoxy) is 1. The van der Waals surface area contributed by atoms with Gasteiger partial charge in [0, 0.05) is 24.7 Å². The Hall–Kier alpha value is -2.70. The number of amides is 1. The molecule has 1 saturated heterocycles. The molecule has 1 unspecified atom stereocenters. The summed E-state index contributed by atoms with van der Waals surface area (Å²) in [5.74, 6) is 0.801. The van der Waals surface area contributed by atoms with Crippen LogP contribution in [0.2, 0.25) is 5.02 Å². The lowest BCUT2D eigenvalue weighted by molar-refractivity contribution is -0.145. The second kappa shape index (κ2) is 7.61. The number of nitrogens with zero attached hydrogens (tertiary/aromatic N) is 4. The van der Waals surface area contributed by atoms with Crippen LogP contribution in [0.5, 0.6) is 0 Å². The number of rotatable bonds is 2. The van der Waals surface area contributed by atoms with E-state index >= 15 is 0 Å². The molecule has 1 fully saturated rings. The van der Waals surface area contributed by atoms with Gasteiger partial charge in [0.25, 0.3) is 5.91 Å². The van der Waals surface area contributed by atoms with Crippen molar-refractivity contribution in [1.82, 2.24) is 14.9 Å². The van der Waals surface area contributed by atoms with Gasteiger partial charge in [0.05, 0.1) is 30.4 Å². The molecule has 5 rings (SSSR count). The topological polar surface area (TPSA) is 58.6 Å². The predicted molar refractivity (Wildman–Crippen MR) is 112 cm³/mol. The number of benzene rings is 2. The number of hydrogen-bond donors (Lipinski definition) is 0. The number of anilines is 1. The molecule has 1 amide bonds. The van der Waals surface area contributed by atoms with Gasteiger partial charge in [-0.15, -0.1) is 0 Å². The minimum absolute atomic E-state index is 0.0460. The van der Waals surface area contributed by atoms with E-state index in [9.17, 15) is 4.79 Å². The standard InChI is InChI=1S/C22H21ClN4O2/c23-17-5-6-18-19(11-17)24-12-21(25-18)26-9-10-29-20(14-26)22(28)27-8-7-15-3-1-2-4-16(15)13-27/h1-6,11-12,20H,7-10,13-14H2. The highest BCUT2D eigenvalue weighted by molar-refractivity contribution is 6.31. The lowest BCUT2D eigenvalue weighted by Gasteiger charge is -2.37. The maximum absolute atomic E-state index is 13.1. The summed E-state index contributed by atoms with van der Waals surface area (Å²) in [5, 5.41) is 0.639. The Labute approximate surface area is 174 Å². The van der Waals surface area contributed by atoms with E-state index in [0.29, 0.717) is 31.3 Å². The molecule has 148 valence electrons. The maximum Gasteiger partial charge on any atom is 0.253 e. The highest BCUT2D eigenvalue weighted by atomic mass is 35.5. The fourth-order valence-corrected chi connectivity index (χ4v) is 4.19. The van der Waals surface area contributed by atoms with Crippen LogP contribution in [-0.4, -0.2) is 53.1 Å². The third-order valence-electron chi connectivity index (χ3n) is 5.60. The van der Waals surface area contributed by atoms with Gasteiger partial charge in [0.2, 0.25) is 0 Å². The Morgan fingerprint density at radius 1 is 1.10 bits per heavy atom. The Bertz CT molecular complexity index is 1070. The van der Waals surface area contributed by atoms with Crippen molar-refractivity contribution in [1.29, 1.82) is 0 Å². The molecule has 3 aromatic rings. The zero-order valence-electron chi connectivity index (χ0n) is 15.9. The average molecular weight is 409 g/mol. The van der Waals surface area contributed by atoms with E-state index in [1.165, 1.54) is 11.1 Å². The summed E-state index contributed by atoms with van der Waals surface area (Å²) in [4.78, 5) is 26.3. The largest absolute Gasteiger partial charge is 0.365 e. The first-order chi connectivity index (χ1) is 14.2. The van der Waals surface area contributed by atoms with E-state index in [0.717, 1.165) is 29.8 Å². The van der Waals surface area contributed by atoms with Crippen molar-refractivity contribution in [2.75, 3.05) is 31.1 Å². The number of hydrogen-bond acceptors (Lipinski definition) is 5. The Kier molecular flexibility index (Phi) is 4.81. The van der Waals surface area contributed by atoms with Gasteiger partial charge in [0.15, 0.2) is 6.10 Å². The molecule has 1 atom stereocenters. The molecule has 0 N–H and O–H groups in total. The van der Waals surface area contributed by atoms with Gasteiger partial charge in [-0.2, -0.15) is 0 Å². The van der Waals surface area contributed by atoms with Crippen LogP contribution < -0.4 is 4.90 Å². The number of carbonyl (C=O) groups excluding carboxylic acids is 1. The summed E-state index contributed by atoms with van der Waals surface area (Å²) in [7, 11) is 0. The Morgan fingerprint density at radius 2 is 1.97 bits per heavy atom. The van der Waals surface area contributed by atoms with Gasteiger partial charge in [0.1, 0.15) is 5.82 Å². The van der Waals surface area contributed by atoms with Gasteiger partial charge in [-0.25, -0.2) is 4.98 Å². The summed E-state index contributed by atoms with van der Waals surface area (Å²) >= 11 is 6.03. The van der Waals surface area contributed by atoms with E-state index in [-0.39, 0.29) is 5.91 Å². The van der Waals surface area contributed by atoms with E-state index in [1.807, 2.05) is 23.1 Å². The van der Waals surface area contributed by atoms with Gasteiger partial charge >= 0.3 is 0 Å². The average Bonchev–Trinajstić information content (AvgIpc) is 2.78. The zero-order valence-corrected chi connectivity index (χ0v) is 16.7. The van der Waals surface area contributed by atoms with Crippen molar-refractivity contribution in [3.8, 4) is 0 Å². The van der Waals surface area contributed by atoms with Crippen LogP contribution in [0.25, 0.3) is 11.0 Å².